The van der Waals surface area contributed by atoms with Crippen molar-refractivity contribution in [2.24, 2.45) is 0 Å². The molecule has 0 aliphatic rings. The van der Waals surface area contributed by atoms with Gasteiger partial charge in [-0.3, -0.25) is 4.79 Å². The van der Waals surface area contributed by atoms with Crippen molar-refractivity contribution in [2.75, 3.05) is 5.32 Å². The van der Waals surface area contributed by atoms with E-state index in [1.807, 2.05) is 50.2 Å². The van der Waals surface area contributed by atoms with E-state index in [2.05, 4.69) is 26.3 Å². The summed E-state index contributed by atoms with van der Waals surface area (Å²) in [6.07, 6.45) is 2.73. The first-order valence-corrected chi connectivity index (χ1v) is 10.2. The Balaban J connectivity index is 1.53. The Morgan fingerprint density at radius 2 is 1.93 bits per heavy atom. The average molecular weight is 391 g/mol. The van der Waals surface area contributed by atoms with Gasteiger partial charge in [0.25, 0.3) is 0 Å². The summed E-state index contributed by atoms with van der Waals surface area (Å²) in [5, 5.41) is 5.13. The van der Waals surface area contributed by atoms with Crippen LogP contribution in [-0.4, -0.2) is 20.4 Å². The van der Waals surface area contributed by atoms with Crippen molar-refractivity contribution in [2.45, 2.75) is 33.2 Å². The summed E-state index contributed by atoms with van der Waals surface area (Å²) in [5.74, 6) is 0.888. The topological polar surface area (TPSA) is 59.8 Å². The van der Waals surface area contributed by atoms with Gasteiger partial charge in [-0.2, -0.15) is 0 Å². The number of aryl methyl sites for hydroxylation is 3. The molecular formula is C22H22N4OS. The maximum Gasteiger partial charge on any atom is 0.224 e. The maximum atomic E-state index is 12.6. The summed E-state index contributed by atoms with van der Waals surface area (Å²) in [4.78, 5) is 23.1. The zero-order valence-electron chi connectivity index (χ0n) is 16.0. The van der Waals surface area contributed by atoms with Gasteiger partial charge in [-0.1, -0.05) is 24.3 Å². The lowest BCUT2D eigenvalue weighted by molar-refractivity contribution is -0.116. The van der Waals surface area contributed by atoms with Crippen LogP contribution in [0.15, 0.2) is 54.0 Å². The van der Waals surface area contributed by atoms with Crippen LogP contribution in [0.25, 0.3) is 11.2 Å². The molecule has 1 amide bonds. The quantitative estimate of drug-likeness (QED) is 0.518. The highest BCUT2D eigenvalue weighted by atomic mass is 32.1. The van der Waals surface area contributed by atoms with Crippen LogP contribution in [0.1, 0.15) is 28.2 Å². The second-order valence-corrected chi connectivity index (χ2v) is 7.89. The zero-order chi connectivity index (χ0) is 19.5. The van der Waals surface area contributed by atoms with Crippen LogP contribution in [0.5, 0.6) is 0 Å². The standard InChI is InChI=1S/C22H22N4OS/c1-15-6-3-7-16(2)21(15)25-20(27)11-10-19-24-18-9-4-12-23-22(18)26(19)14-17-8-5-13-28-17/h3-9,12-13H,10-11,14H2,1-2H3,(H,25,27). The van der Waals surface area contributed by atoms with Crippen molar-refractivity contribution < 1.29 is 4.79 Å². The summed E-state index contributed by atoms with van der Waals surface area (Å²) in [6, 6.07) is 14.0. The molecule has 3 heterocycles. The van der Waals surface area contributed by atoms with Crippen LogP contribution in [0.3, 0.4) is 0 Å². The predicted octanol–water partition coefficient (Wildman–Crippen LogP) is 4.73. The van der Waals surface area contributed by atoms with Crippen molar-refractivity contribution in [3.05, 3.63) is 75.9 Å². The van der Waals surface area contributed by atoms with E-state index in [1.54, 1.807) is 17.5 Å². The smallest absolute Gasteiger partial charge is 0.224 e. The van der Waals surface area contributed by atoms with Gasteiger partial charge in [0.15, 0.2) is 5.65 Å². The lowest BCUT2D eigenvalue weighted by Gasteiger charge is -2.12. The molecule has 0 saturated heterocycles. The zero-order valence-corrected chi connectivity index (χ0v) is 16.8. The van der Waals surface area contributed by atoms with Gasteiger partial charge in [0, 0.05) is 29.6 Å². The molecule has 5 nitrogen and oxygen atoms in total. The van der Waals surface area contributed by atoms with Crippen molar-refractivity contribution in [1.82, 2.24) is 14.5 Å². The van der Waals surface area contributed by atoms with E-state index in [9.17, 15) is 4.79 Å². The lowest BCUT2D eigenvalue weighted by atomic mass is 10.1. The summed E-state index contributed by atoms with van der Waals surface area (Å²) in [7, 11) is 0. The highest BCUT2D eigenvalue weighted by molar-refractivity contribution is 7.09. The number of rotatable bonds is 6. The molecule has 0 bridgehead atoms. The predicted molar refractivity (Wildman–Crippen MR) is 114 cm³/mol. The molecule has 3 aromatic heterocycles. The van der Waals surface area contributed by atoms with E-state index >= 15 is 0 Å². The van der Waals surface area contributed by atoms with Crippen LogP contribution in [0.2, 0.25) is 0 Å². The molecule has 0 spiro atoms. The second kappa shape index (κ2) is 7.94. The Hall–Kier alpha value is -2.99. The summed E-state index contributed by atoms with van der Waals surface area (Å²) >= 11 is 1.71. The van der Waals surface area contributed by atoms with Gasteiger partial charge in [-0.25, -0.2) is 9.97 Å². The van der Waals surface area contributed by atoms with E-state index < -0.39 is 0 Å². The molecule has 0 aliphatic heterocycles. The number of hydrogen-bond acceptors (Lipinski definition) is 4. The molecule has 6 heteroatoms. The fourth-order valence-electron chi connectivity index (χ4n) is 3.36. The Morgan fingerprint density at radius 1 is 1.11 bits per heavy atom. The van der Waals surface area contributed by atoms with Gasteiger partial charge in [0.05, 0.1) is 6.54 Å². The molecule has 28 heavy (non-hydrogen) atoms. The maximum absolute atomic E-state index is 12.6. The van der Waals surface area contributed by atoms with Gasteiger partial charge < -0.3 is 9.88 Å². The van der Waals surface area contributed by atoms with Gasteiger partial charge in [0.2, 0.25) is 5.91 Å². The van der Waals surface area contributed by atoms with E-state index in [1.165, 1.54) is 4.88 Å². The number of imidazole rings is 1. The number of benzene rings is 1. The number of hydrogen-bond donors (Lipinski definition) is 1. The fraction of sp³-hybridized carbons (Fsp3) is 0.227. The highest BCUT2D eigenvalue weighted by Gasteiger charge is 2.15. The van der Waals surface area contributed by atoms with E-state index in [0.29, 0.717) is 12.8 Å². The molecule has 4 rings (SSSR count). The average Bonchev–Trinajstić information content (AvgIpc) is 3.32. The van der Waals surface area contributed by atoms with E-state index in [0.717, 1.165) is 40.3 Å². The monoisotopic (exact) mass is 390 g/mol. The van der Waals surface area contributed by atoms with Gasteiger partial charge >= 0.3 is 0 Å². The van der Waals surface area contributed by atoms with Crippen molar-refractivity contribution >= 4 is 34.1 Å². The normalized spacial score (nSPS) is 11.1. The Bertz CT molecular complexity index is 1090. The molecular weight excluding hydrogens is 368 g/mol. The number of carbonyl (C=O) groups excluding carboxylic acids is 1. The van der Waals surface area contributed by atoms with Crippen molar-refractivity contribution in [3.63, 3.8) is 0 Å². The molecule has 0 unspecified atom stereocenters. The minimum absolute atomic E-state index is 0.0000823. The number of nitrogens with zero attached hydrogens (tertiary/aromatic N) is 3. The number of pyridine rings is 1. The third-order valence-electron chi connectivity index (χ3n) is 4.80. The van der Waals surface area contributed by atoms with Gasteiger partial charge in [-0.15, -0.1) is 11.3 Å². The third kappa shape index (κ3) is 3.82. The van der Waals surface area contributed by atoms with E-state index in [4.69, 9.17) is 4.98 Å². The molecule has 0 aliphatic carbocycles. The molecule has 0 fully saturated rings. The highest BCUT2D eigenvalue weighted by Crippen LogP contribution is 2.21. The summed E-state index contributed by atoms with van der Waals surface area (Å²) in [6.45, 7) is 4.74. The molecule has 1 aromatic carbocycles. The third-order valence-corrected chi connectivity index (χ3v) is 5.66. The molecule has 0 atom stereocenters. The molecule has 4 aromatic rings. The first-order valence-electron chi connectivity index (χ1n) is 9.30. The first kappa shape index (κ1) is 18.4. The minimum Gasteiger partial charge on any atom is -0.326 e. The van der Waals surface area contributed by atoms with Crippen LogP contribution in [0, 0.1) is 13.8 Å². The second-order valence-electron chi connectivity index (χ2n) is 6.85. The summed E-state index contributed by atoms with van der Waals surface area (Å²) in [5.41, 5.74) is 4.77. The number of amides is 1. The Labute approximate surface area is 168 Å². The largest absolute Gasteiger partial charge is 0.326 e. The molecule has 0 radical (unpaired) electrons. The lowest BCUT2D eigenvalue weighted by Crippen LogP contribution is -2.15. The molecule has 1 N–H and O–H groups in total. The minimum atomic E-state index is 0.0000823. The van der Waals surface area contributed by atoms with Crippen molar-refractivity contribution in [1.29, 1.82) is 0 Å². The number of aromatic nitrogens is 3. The number of anilines is 1. The number of carbonyl (C=O) groups is 1. The SMILES string of the molecule is Cc1cccc(C)c1NC(=O)CCc1nc2cccnc2n1Cc1cccs1. The number of fused-ring (bicyclic) bond motifs is 1. The van der Waals surface area contributed by atoms with Crippen LogP contribution < -0.4 is 5.32 Å². The Kier molecular flexibility index (Phi) is 5.21. The number of nitrogens with one attached hydrogen (secondary N) is 1. The summed E-state index contributed by atoms with van der Waals surface area (Å²) < 4.78 is 2.12. The molecule has 0 saturated carbocycles. The molecule has 142 valence electrons. The Morgan fingerprint density at radius 3 is 2.68 bits per heavy atom. The van der Waals surface area contributed by atoms with Crippen LogP contribution >= 0.6 is 11.3 Å². The van der Waals surface area contributed by atoms with Crippen LogP contribution in [-0.2, 0) is 17.8 Å². The van der Waals surface area contributed by atoms with Gasteiger partial charge in [-0.05, 0) is 48.6 Å². The van der Waals surface area contributed by atoms with Crippen LogP contribution in [0.4, 0.5) is 5.69 Å². The number of thiophene rings is 1. The fourth-order valence-corrected chi connectivity index (χ4v) is 4.05. The van der Waals surface area contributed by atoms with E-state index in [-0.39, 0.29) is 5.91 Å². The first-order chi connectivity index (χ1) is 13.6. The number of para-hydroxylation sites is 1. The van der Waals surface area contributed by atoms with Crippen molar-refractivity contribution in [3.8, 4) is 0 Å². The van der Waals surface area contributed by atoms with Gasteiger partial charge in [0.1, 0.15) is 11.3 Å².